The van der Waals surface area contributed by atoms with E-state index in [1.54, 1.807) is 0 Å². The summed E-state index contributed by atoms with van der Waals surface area (Å²) < 4.78 is 0. The van der Waals surface area contributed by atoms with E-state index in [0.29, 0.717) is 11.7 Å². The molecular weight excluding hydrogens is 198 g/mol. The second-order valence-corrected chi connectivity index (χ2v) is 5.12. The highest BCUT2D eigenvalue weighted by Crippen LogP contribution is 2.16. The zero-order valence-corrected chi connectivity index (χ0v) is 10.8. The molecule has 1 aliphatic heterocycles. The van der Waals surface area contributed by atoms with Crippen molar-refractivity contribution in [2.45, 2.75) is 64.7 Å². The highest BCUT2D eigenvalue weighted by Gasteiger charge is 2.16. The summed E-state index contributed by atoms with van der Waals surface area (Å²) in [4.78, 5) is 11.7. The lowest BCUT2D eigenvalue weighted by Crippen LogP contribution is -2.31. The van der Waals surface area contributed by atoms with Crippen LogP contribution in [0.1, 0.15) is 64.7 Å². The van der Waals surface area contributed by atoms with Gasteiger partial charge in [0.25, 0.3) is 0 Å². The zero-order chi connectivity index (χ0) is 11.6. The topological polar surface area (TPSA) is 29.1 Å². The molecule has 1 N–H and O–H groups in total. The van der Waals surface area contributed by atoms with Crippen molar-refractivity contribution < 1.29 is 4.79 Å². The van der Waals surface area contributed by atoms with Crippen molar-refractivity contribution in [2.75, 3.05) is 13.1 Å². The second kappa shape index (κ2) is 8.74. The van der Waals surface area contributed by atoms with Crippen molar-refractivity contribution >= 4 is 5.78 Å². The molecule has 0 aliphatic carbocycles. The Balaban J connectivity index is 1.97. The molecule has 2 nitrogen and oxygen atoms in total. The number of nitrogens with one attached hydrogen (secondary N) is 1. The summed E-state index contributed by atoms with van der Waals surface area (Å²) in [6.45, 7) is 4.42. The average Bonchev–Trinajstić information content (AvgIpc) is 2.30. The van der Waals surface area contributed by atoms with Crippen LogP contribution in [-0.2, 0) is 4.79 Å². The van der Waals surface area contributed by atoms with Crippen molar-refractivity contribution in [3.63, 3.8) is 0 Å². The molecule has 1 aliphatic rings. The number of hydrogen-bond donors (Lipinski definition) is 1. The highest BCUT2D eigenvalue weighted by molar-refractivity contribution is 5.78. The van der Waals surface area contributed by atoms with Crippen LogP contribution in [0.25, 0.3) is 0 Å². The molecule has 1 heterocycles. The Morgan fingerprint density at radius 2 is 2.06 bits per heavy atom. The Kier molecular flexibility index (Phi) is 7.48. The molecule has 1 fully saturated rings. The van der Waals surface area contributed by atoms with E-state index in [0.717, 1.165) is 32.4 Å². The Labute approximate surface area is 100 Å². The molecule has 0 amide bonds. The summed E-state index contributed by atoms with van der Waals surface area (Å²) in [5.74, 6) is 1.11. The van der Waals surface area contributed by atoms with Gasteiger partial charge in [0.1, 0.15) is 5.78 Å². The van der Waals surface area contributed by atoms with E-state index in [2.05, 4.69) is 12.2 Å². The molecular formula is C14H27NO. The molecule has 94 valence electrons. The predicted molar refractivity (Wildman–Crippen MR) is 68.6 cm³/mol. The summed E-state index contributed by atoms with van der Waals surface area (Å²) in [5, 5.41) is 3.37. The minimum atomic E-state index is 0.491. The van der Waals surface area contributed by atoms with Crippen molar-refractivity contribution in [3.8, 4) is 0 Å². The number of carbonyl (C=O) groups is 1. The molecule has 0 saturated carbocycles. The van der Waals surface area contributed by atoms with Crippen LogP contribution in [-0.4, -0.2) is 18.9 Å². The van der Waals surface area contributed by atoms with Gasteiger partial charge < -0.3 is 5.32 Å². The molecule has 1 atom stereocenters. The van der Waals surface area contributed by atoms with Crippen LogP contribution in [0, 0.1) is 5.92 Å². The Morgan fingerprint density at radius 1 is 1.25 bits per heavy atom. The number of Topliss-reactive ketones (excluding diaryl/α,β-unsaturated/α-hetero) is 1. The van der Waals surface area contributed by atoms with Crippen molar-refractivity contribution in [3.05, 3.63) is 0 Å². The van der Waals surface area contributed by atoms with Gasteiger partial charge in [-0.05, 0) is 38.3 Å². The third kappa shape index (κ3) is 6.26. The molecule has 0 radical (unpaired) electrons. The molecule has 0 spiro atoms. The van der Waals surface area contributed by atoms with Crippen molar-refractivity contribution in [2.24, 2.45) is 5.92 Å². The third-order valence-electron chi connectivity index (χ3n) is 3.47. The fourth-order valence-corrected chi connectivity index (χ4v) is 2.45. The quantitative estimate of drug-likeness (QED) is 0.642. The summed E-state index contributed by atoms with van der Waals surface area (Å²) in [7, 11) is 0. The predicted octanol–water partition coefficient (Wildman–Crippen LogP) is 3.31. The first-order chi connectivity index (χ1) is 7.83. The van der Waals surface area contributed by atoms with E-state index >= 15 is 0 Å². The fourth-order valence-electron chi connectivity index (χ4n) is 2.45. The van der Waals surface area contributed by atoms with Crippen molar-refractivity contribution in [1.29, 1.82) is 0 Å². The summed E-state index contributed by atoms with van der Waals surface area (Å²) in [5.41, 5.74) is 0. The van der Waals surface area contributed by atoms with Crippen LogP contribution < -0.4 is 5.32 Å². The summed E-state index contributed by atoms with van der Waals surface area (Å²) in [6.07, 6.45) is 10.4. The molecule has 16 heavy (non-hydrogen) atoms. The summed E-state index contributed by atoms with van der Waals surface area (Å²) in [6, 6.07) is 0. The van der Waals surface area contributed by atoms with Gasteiger partial charge in [0.2, 0.25) is 0 Å². The molecule has 0 aromatic rings. The molecule has 2 heteroatoms. The maximum Gasteiger partial charge on any atom is 0.133 e. The number of piperidine rings is 1. The van der Waals surface area contributed by atoms with Gasteiger partial charge in [0, 0.05) is 12.8 Å². The van der Waals surface area contributed by atoms with Crippen LogP contribution in [0.15, 0.2) is 0 Å². The minimum absolute atomic E-state index is 0.491. The monoisotopic (exact) mass is 225 g/mol. The first kappa shape index (κ1) is 13.7. The number of unbranched alkanes of at least 4 members (excludes halogenated alkanes) is 4. The Morgan fingerprint density at radius 3 is 2.75 bits per heavy atom. The van der Waals surface area contributed by atoms with Gasteiger partial charge in [0.15, 0.2) is 0 Å². The van der Waals surface area contributed by atoms with E-state index in [1.807, 2.05) is 0 Å². The molecule has 0 bridgehead atoms. The zero-order valence-electron chi connectivity index (χ0n) is 10.8. The van der Waals surface area contributed by atoms with Gasteiger partial charge in [-0.15, -0.1) is 0 Å². The standard InChI is InChI=1S/C14H27NO/c1-2-3-4-5-6-9-14(16)11-13-8-7-10-15-12-13/h13,15H,2-12H2,1H3. The molecule has 0 aromatic heterocycles. The van der Waals surface area contributed by atoms with Crippen LogP contribution >= 0.6 is 0 Å². The van der Waals surface area contributed by atoms with Crippen LogP contribution in [0.4, 0.5) is 0 Å². The van der Waals surface area contributed by atoms with Crippen LogP contribution in [0.3, 0.4) is 0 Å². The first-order valence-electron chi connectivity index (χ1n) is 7.05. The molecule has 1 unspecified atom stereocenters. The smallest absolute Gasteiger partial charge is 0.133 e. The van der Waals surface area contributed by atoms with Crippen LogP contribution in [0.5, 0.6) is 0 Å². The number of hydrogen-bond acceptors (Lipinski definition) is 2. The summed E-state index contributed by atoms with van der Waals surface area (Å²) >= 11 is 0. The maximum absolute atomic E-state index is 11.7. The van der Waals surface area contributed by atoms with E-state index in [-0.39, 0.29) is 0 Å². The van der Waals surface area contributed by atoms with Gasteiger partial charge in [-0.2, -0.15) is 0 Å². The van der Waals surface area contributed by atoms with E-state index in [9.17, 15) is 4.79 Å². The van der Waals surface area contributed by atoms with Gasteiger partial charge in [-0.3, -0.25) is 4.79 Å². The van der Waals surface area contributed by atoms with Gasteiger partial charge in [0.05, 0.1) is 0 Å². The van der Waals surface area contributed by atoms with Crippen LogP contribution in [0.2, 0.25) is 0 Å². The van der Waals surface area contributed by atoms with E-state index in [4.69, 9.17) is 0 Å². The Bertz CT molecular complexity index is 185. The van der Waals surface area contributed by atoms with Gasteiger partial charge in [-0.25, -0.2) is 0 Å². The molecule has 1 rings (SSSR count). The second-order valence-electron chi connectivity index (χ2n) is 5.12. The largest absolute Gasteiger partial charge is 0.316 e. The molecule has 0 aromatic carbocycles. The minimum Gasteiger partial charge on any atom is -0.316 e. The van der Waals surface area contributed by atoms with Gasteiger partial charge in [-0.1, -0.05) is 32.6 Å². The fraction of sp³-hybridized carbons (Fsp3) is 0.929. The average molecular weight is 225 g/mol. The lowest BCUT2D eigenvalue weighted by Gasteiger charge is -2.21. The third-order valence-corrected chi connectivity index (χ3v) is 3.47. The SMILES string of the molecule is CCCCCCCC(=O)CC1CCCNC1. The lowest BCUT2D eigenvalue weighted by atomic mass is 9.92. The first-order valence-corrected chi connectivity index (χ1v) is 7.05. The highest BCUT2D eigenvalue weighted by atomic mass is 16.1. The number of rotatable bonds is 8. The van der Waals surface area contributed by atoms with E-state index in [1.165, 1.54) is 38.5 Å². The lowest BCUT2D eigenvalue weighted by molar-refractivity contribution is -0.120. The molecule has 1 saturated heterocycles. The number of ketones is 1. The maximum atomic E-state index is 11.7. The van der Waals surface area contributed by atoms with Gasteiger partial charge >= 0.3 is 0 Å². The Hall–Kier alpha value is -0.370. The number of carbonyl (C=O) groups excluding carboxylic acids is 1. The normalized spacial score (nSPS) is 20.9. The van der Waals surface area contributed by atoms with E-state index < -0.39 is 0 Å². The van der Waals surface area contributed by atoms with Crippen molar-refractivity contribution in [1.82, 2.24) is 5.32 Å².